The molecule has 2 aromatic carbocycles. The van der Waals surface area contributed by atoms with Crippen molar-refractivity contribution in [2.75, 3.05) is 46.5 Å². The van der Waals surface area contributed by atoms with Gasteiger partial charge in [-0.2, -0.15) is 0 Å². The van der Waals surface area contributed by atoms with E-state index in [4.69, 9.17) is 9.47 Å². The Kier molecular flexibility index (Phi) is 5.71. The first-order valence-corrected chi connectivity index (χ1v) is 8.83. The van der Waals surface area contributed by atoms with Gasteiger partial charge in [0, 0.05) is 36.0 Å². The number of rotatable bonds is 5. The van der Waals surface area contributed by atoms with Crippen LogP contribution in [-0.2, 0) is 4.74 Å². The van der Waals surface area contributed by atoms with E-state index in [-0.39, 0.29) is 5.91 Å². The highest BCUT2D eigenvalue weighted by Gasteiger charge is 2.18. The van der Waals surface area contributed by atoms with E-state index in [1.165, 1.54) is 0 Å². The van der Waals surface area contributed by atoms with Gasteiger partial charge in [-0.05, 0) is 11.5 Å². The smallest absolute Gasteiger partial charge is 0.255 e. The van der Waals surface area contributed by atoms with Crippen molar-refractivity contribution >= 4 is 32.6 Å². The van der Waals surface area contributed by atoms with Gasteiger partial charge >= 0.3 is 0 Å². The average Bonchev–Trinajstić information content (AvgIpc) is 2.62. The Hall–Kier alpha value is -1.63. The van der Waals surface area contributed by atoms with Gasteiger partial charge < -0.3 is 14.8 Å². The van der Waals surface area contributed by atoms with E-state index in [1.54, 1.807) is 7.11 Å². The Morgan fingerprint density at radius 1 is 1.29 bits per heavy atom. The number of hydrogen-bond acceptors (Lipinski definition) is 4. The molecular formula is C18H21BrN2O3. The number of hydrogen-bond donors (Lipinski definition) is 1. The second-order valence-electron chi connectivity index (χ2n) is 5.69. The maximum Gasteiger partial charge on any atom is 0.255 e. The summed E-state index contributed by atoms with van der Waals surface area (Å²) in [6.07, 6.45) is 0. The van der Waals surface area contributed by atoms with Crippen molar-refractivity contribution in [3.8, 4) is 5.75 Å². The number of benzene rings is 2. The lowest BCUT2D eigenvalue weighted by molar-refractivity contribution is 0.0383. The van der Waals surface area contributed by atoms with Gasteiger partial charge in [0.2, 0.25) is 0 Å². The summed E-state index contributed by atoms with van der Waals surface area (Å²) in [5.74, 6) is 0.490. The van der Waals surface area contributed by atoms with Crippen LogP contribution in [0.5, 0.6) is 5.75 Å². The van der Waals surface area contributed by atoms with Crippen LogP contribution in [0.1, 0.15) is 10.4 Å². The number of nitrogens with zero attached hydrogens (tertiary/aromatic N) is 1. The summed E-state index contributed by atoms with van der Waals surface area (Å²) < 4.78 is 11.7. The normalized spacial score (nSPS) is 15.4. The van der Waals surface area contributed by atoms with Gasteiger partial charge in [-0.3, -0.25) is 9.69 Å². The zero-order chi connectivity index (χ0) is 16.9. The Labute approximate surface area is 150 Å². The summed E-state index contributed by atoms with van der Waals surface area (Å²) in [4.78, 5) is 14.9. The molecule has 0 atom stereocenters. The van der Waals surface area contributed by atoms with E-state index in [2.05, 4.69) is 26.1 Å². The van der Waals surface area contributed by atoms with Crippen LogP contribution in [0.4, 0.5) is 0 Å². The molecule has 0 unspecified atom stereocenters. The molecule has 0 bridgehead atoms. The van der Waals surface area contributed by atoms with E-state index >= 15 is 0 Å². The van der Waals surface area contributed by atoms with Crippen LogP contribution in [-0.4, -0.2) is 57.3 Å². The summed E-state index contributed by atoms with van der Waals surface area (Å²) in [7, 11) is 1.60. The van der Waals surface area contributed by atoms with E-state index in [9.17, 15) is 4.79 Å². The zero-order valence-electron chi connectivity index (χ0n) is 13.7. The third-order valence-corrected chi connectivity index (χ3v) is 4.87. The molecule has 1 saturated heterocycles. The number of halogens is 1. The lowest BCUT2D eigenvalue weighted by Crippen LogP contribution is -2.41. The minimum Gasteiger partial charge on any atom is -0.495 e. The van der Waals surface area contributed by atoms with Crippen molar-refractivity contribution in [3.05, 3.63) is 40.4 Å². The molecule has 0 saturated carbocycles. The molecule has 24 heavy (non-hydrogen) atoms. The van der Waals surface area contributed by atoms with Gasteiger partial charge in [0.25, 0.3) is 5.91 Å². The van der Waals surface area contributed by atoms with Crippen molar-refractivity contribution in [3.63, 3.8) is 0 Å². The topological polar surface area (TPSA) is 50.8 Å². The van der Waals surface area contributed by atoms with Crippen LogP contribution in [0.2, 0.25) is 0 Å². The van der Waals surface area contributed by atoms with Crippen molar-refractivity contribution in [2.45, 2.75) is 0 Å². The molecule has 0 aliphatic carbocycles. The van der Waals surface area contributed by atoms with E-state index in [1.807, 2.05) is 30.3 Å². The van der Waals surface area contributed by atoms with Crippen LogP contribution < -0.4 is 10.1 Å². The largest absolute Gasteiger partial charge is 0.495 e. The molecule has 5 nitrogen and oxygen atoms in total. The highest BCUT2D eigenvalue weighted by molar-refractivity contribution is 9.10. The number of ether oxygens (including phenoxy) is 2. The number of amides is 1. The first-order valence-electron chi connectivity index (χ1n) is 8.04. The Morgan fingerprint density at radius 2 is 2.00 bits per heavy atom. The first kappa shape index (κ1) is 17.2. The fourth-order valence-corrected chi connectivity index (χ4v) is 3.52. The van der Waals surface area contributed by atoms with Crippen LogP contribution >= 0.6 is 15.9 Å². The molecule has 2 aromatic rings. The molecule has 0 radical (unpaired) electrons. The van der Waals surface area contributed by atoms with E-state index in [0.717, 1.165) is 48.1 Å². The highest BCUT2D eigenvalue weighted by Crippen LogP contribution is 2.35. The van der Waals surface area contributed by atoms with Crippen molar-refractivity contribution in [2.24, 2.45) is 0 Å². The SMILES string of the molecule is COc1c(C(=O)NCCN2CCOCC2)cc(Br)c2ccccc12. The Bertz CT molecular complexity index is 730. The average molecular weight is 393 g/mol. The number of fused-ring (bicyclic) bond motifs is 1. The van der Waals surface area contributed by atoms with E-state index < -0.39 is 0 Å². The maximum absolute atomic E-state index is 12.6. The number of methoxy groups -OCH3 is 1. The minimum absolute atomic E-state index is 0.119. The van der Waals surface area contributed by atoms with Crippen LogP contribution in [0, 0.1) is 0 Å². The maximum atomic E-state index is 12.6. The molecule has 3 rings (SSSR count). The zero-order valence-corrected chi connectivity index (χ0v) is 15.3. The predicted molar refractivity (Wildman–Crippen MR) is 97.8 cm³/mol. The lowest BCUT2D eigenvalue weighted by atomic mass is 10.0. The monoisotopic (exact) mass is 392 g/mol. The fourth-order valence-electron chi connectivity index (χ4n) is 2.94. The van der Waals surface area contributed by atoms with Crippen molar-refractivity contribution in [1.82, 2.24) is 10.2 Å². The van der Waals surface area contributed by atoms with Gasteiger partial charge in [-0.25, -0.2) is 0 Å². The molecular weight excluding hydrogens is 372 g/mol. The second kappa shape index (κ2) is 7.96. The summed E-state index contributed by atoms with van der Waals surface area (Å²) in [5, 5.41) is 4.94. The summed E-state index contributed by atoms with van der Waals surface area (Å²) in [6, 6.07) is 9.70. The molecule has 0 aromatic heterocycles. The number of morpholine rings is 1. The highest BCUT2D eigenvalue weighted by atomic mass is 79.9. The third kappa shape index (κ3) is 3.71. The fraction of sp³-hybridized carbons (Fsp3) is 0.389. The van der Waals surface area contributed by atoms with Crippen molar-refractivity contribution < 1.29 is 14.3 Å². The molecule has 0 spiro atoms. The van der Waals surface area contributed by atoms with Crippen LogP contribution in [0.25, 0.3) is 10.8 Å². The predicted octanol–water partition coefficient (Wildman–Crippen LogP) is 2.67. The quantitative estimate of drug-likeness (QED) is 0.849. The standard InChI is InChI=1S/C18H21BrN2O3/c1-23-17-14-5-3-2-4-13(14)16(19)12-15(17)18(22)20-6-7-21-8-10-24-11-9-21/h2-5,12H,6-11H2,1H3,(H,20,22). The Morgan fingerprint density at radius 3 is 2.71 bits per heavy atom. The van der Waals surface area contributed by atoms with Crippen LogP contribution in [0.15, 0.2) is 34.8 Å². The van der Waals surface area contributed by atoms with Gasteiger partial charge in [-0.1, -0.05) is 40.2 Å². The molecule has 1 aliphatic rings. The molecule has 1 amide bonds. The second-order valence-corrected chi connectivity index (χ2v) is 6.55. The van der Waals surface area contributed by atoms with Crippen LogP contribution in [0.3, 0.4) is 0 Å². The number of carbonyl (C=O) groups excluding carboxylic acids is 1. The van der Waals surface area contributed by atoms with E-state index in [0.29, 0.717) is 17.9 Å². The molecule has 6 heteroatoms. The number of carbonyl (C=O) groups is 1. The molecule has 128 valence electrons. The molecule has 1 N–H and O–H groups in total. The van der Waals surface area contributed by atoms with Gasteiger partial charge in [0.15, 0.2) is 0 Å². The van der Waals surface area contributed by atoms with Gasteiger partial charge in [-0.15, -0.1) is 0 Å². The molecule has 1 aliphatic heterocycles. The minimum atomic E-state index is -0.119. The lowest BCUT2D eigenvalue weighted by Gasteiger charge is -2.26. The van der Waals surface area contributed by atoms with Gasteiger partial charge in [0.1, 0.15) is 5.75 Å². The van der Waals surface area contributed by atoms with Gasteiger partial charge in [0.05, 0.1) is 25.9 Å². The number of nitrogens with one attached hydrogen (secondary N) is 1. The summed E-state index contributed by atoms with van der Waals surface area (Å²) in [5.41, 5.74) is 0.546. The molecule has 1 heterocycles. The summed E-state index contributed by atoms with van der Waals surface area (Å²) >= 11 is 3.55. The van der Waals surface area contributed by atoms with Crippen molar-refractivity contribution in [1.29, 1.82) is 0 Å². The summed E-state index contributed by atoms with van der Waals surface area (Å²) in [6.45, 7) is 4.79. The first-order chi connectivity index (χ1) is 11.7. The third-order valence-electron chi connectivity index (χ3n) is 4.21. The Balaban J connectivity index is 1.74. The molecule has 1 fully saturated rings.